The van der Waals surface area contributed by atoms with Crippen molar-refractivity contribution in [3.05, 3.63) is 90.0 Å². The van der Waals surface area contributed by atoms with E-state index < -0.39 is 11.8 Å². The maximum absolute atomic E-state index is 12.8. The Kier molecular flexibility index (Phi) is 7.82. The Bertz CT molecular complexity index is 1220. The lowest BCUT2D eigenvalue weighted by molar-refractivity contribution is -0.136. The van der Waals surface area contributed by atoms with Gasteiger partial charge in [-0.1, -0.05) is 42.5 Å². The highest BCUT2D eigenvalue weighted by Crippen LogP contribution is 2.21. The highest BCUT2D eigenvalue weighted by atomic mass is 16.5. The third-order valence-corrected chi connectivity index (χ3v) is 5.13. The number of nitrogens with zero attached hydrogens (tertiary/aromatic N) is 2. The summed E-state index contributed by atoms with van der Waals surface area (Å²) in [7, 11) is 0. The topological polar surface area (TPSA) is 109 Å². The van der Waals surface area contributed by atoms with E-state index in [9.17, 15) is 14.4 Å². The van der Waals surface area contributed by atoms with Crippen LogP contribution in [0, 0.1) is 0 Å². The lowest BCUT2D eigenvalue weighted by atomic mass is 10.1. The first kappa shape index (κ1) is 23.7. The summed E-state index contributed by atoms with van der Waals surface area (Å²) in [6.07, 6.45) is 1.40. The number of anilines is 1. The second-order valence-corrected chi connectivity index (χ2v) is 7.59. The molecule has 0 radical (unpaired) electrons. The summed E-state index contributed by atoms with van der Waals surface area (Å²) in [4.78, 5) is 39.1. The van der Waals surface area contributed by atoms with Crippen LogP contribution in [-0.2, 0) is 14.3 Å². The maximum Gasteiger partial charge on any atom is 0.329 e. The molecule has 9 nitrogen and oxygen atoms in total. The highest BCUT2D eigenvalue weighted by Gasteiger charge is 2.22. The predicted molar refractivity (Wildman–Crippen MR) is 130 cm³/mol. The van der Waals surface area contributed by atoms with Gasteiger partial charge in [0.25, 0.3) is 5.91 Å². The molecule has 0 atom stereocenters. The molecule has 1 heterocycles. The highest BCUT2D eigenvalue weighted by molar-refractivity contribution is 6.40. The number of nitrogens with one attached hydrogen (secondary N) is 2. The van der Waals surface area contributed by atoms with Crippen molar-refractivity contribution >= 4 is 29.6 Å². The summed E-state index contributed by atoms with van der Waals surface area (Å²) in [5, 5.41) is 6.35. The van der Waals surface area contributed by atoms with Gasteiger partial charge in [0.05, 0.1) is 30.7 Å². The third-order valence-electron chi connectivity index (χ3n) is 5.13. The minimum absolute atomic E-state index is 0.236. The average Bonchev–Trinajstić information content (AvgIpc) is 2.90. The molecule has 4 rings (SSSR count). The Hall–Kier alpha value is -4.50. The molecule has 0 aromatic heterocycles. The summed E-state index contributed by atoms with van der Waals surface area (Å²) in [5.41, 5.74) is 3.41. The van der Waals surface area contributed by atoms with Crippen LogP contribution < -0.4 is 15.5 Å². The largest absolute Gasteiger partial charge is 0.457 e. The van der Waals surface area contributed by atoms with Crippen molar-refractivity contribution in [3.63, 3.8) is 0 Å². The quantitative estimate of drug-likeness (QED) is 0.326. The molecule has 1 aliphatic rings. The molecular weight excluding hydrogens is 448 g/mol. The van der Waals surface area contributed by atoms with Gasteiger partial charge in [-0.05, 0) is 42.0 Å². The van der Waals surface area contributed by atoms with Crippen LogP contribution in [0.3, 0.4) is 0 Å². The minimum atomic E-state index is -0.966. The second-order valence-electron chi connectivity index (χ2n) is 7.59. The molecule has 35 heavy (non-hydrogen) atoms. The van der Waals surface area contributed by atoms with E-state index in [2.05, 4.69) is 15.8 Å². The van der Waals surface area contributed by atoms with E-state index in [1.54, 1.807) is 53.4 Å². The number of amides is 3. The molecular formula is C26H24N4O5. The van der Waals surface area contributed by atoms with Crippen LogP contribution in [0.2, 0.25) is 0 Å². The summed E-state index contributed by atoms with van der Waals surface area (Å²) < 4.78 is 11.1. The fourth-order valence-electron chi connectivity index (χ4n) is 3.39. The van der Waals surface area contributed by atoms with Crippen LogP contribution >= 0.6 is 0 Å². The van der Waals surface area contributed by atoms with Crippen LogP contribution in [0.5, 0.6) is 11.5 Å². The SMILES string of the molecule is O=C(N/N=C/c1cccc(Oc2ccccc2)c1)C(=O)Nc1ccccc1C(=O)N1CCOCC1. The van der Waals surface area contributed by atoms with Gasteiger partial charge in [-0.2, -0.15) is 5.10 Å². The third kappa shape index (κ3) is 6.52. The molecule has 1 fully saturated rings. The fourth-order valence-corrected chi connectivity index (χ4v) is 3.39. The van der Waals surface area contributed by atoms with E-state index in [4.69, 9.17) is 9.47 Å². The second kappa shape index (κ2) is 11.6. The summed E-state index contributed by atoms with van der Waals surface area (Å²) >= 11 is 0. The number of rotatable bonds is 6. The Morgan fingerprint density at radius 3 is 2.37 bits per heavy atom. The number of ether oxygens (including phenoxy) is 2. The molecule has 1 aliphatic heterocycles. The van der Waals surface area contributed by atoms with Gasteiger partial charge in [0, 0.05) is 13.1 Å². The molecule has 2 N–H and O–H groups in total. The monoisotopic (exact) mass is 472 g/mol. The van der Waals surface area contributed by atoms with Crippen LogP contribution in [0.25, 0.3) is 0 Å². The van der Waals surface area contributed by atoms with E-state index in [1.165, 1.54) is 6.21 Å². The zero-order valence-electron chi connectivity index (χ0n) is 18.8. The molecule has 3 aromatic rings. The molecule has 1 saturated heterocycles. The van der Waals surface area contributed by atoms with E-state index in [-0.39, 0.29) is 11.6 Å². The van der Waals surface area contributed by atoms with Crippen molar-refractivity contribution in [2.75, 3.05) is 31.6 Å². The van der Waals surface area contributed by atoms with Crippen molar-refractivity contribution in [3.8, 4) is 11.5 Å². The van der Waals surface area contributed by atoms with Crippen molar-refractivity contribution in [1.29, 1.82) is 0 Å². The molecule has 3 amide bonds. The van der Waals surface area contributed by atoms with Crippen molar-refractivity contribution in [1.82, 2.24) is 10.3 Å². The molecule has 0 unspecified atom stereocenters. The van der Waals surface area contributed by atoms with Gasteiger partial charge in [-0.3, -0.25) is 14.4 Å². The Morgan fingerprint density at radius 2 is 1.57 bits per heavy atom. The first-order valence-electron chi connectivity index (χ1n) is 11.0. The van der Waals surface area contributed by atoms with E-state index in [1.807, 2.05) is 30.3 Å². The van der Waals surface area contributed by atoms with E-state index >= 15 is 0 Å². The number of benzene rings is 3. The number of hydrogen-bond acceptors (Lipinski definition) is 6. The molecule has 9 heteroatoms. The predicted octanol–water partition coefficient (Wildman–Crippen LogP) is 3.04. The van der Waals surface area contributed by atoms with Crippen LogP contribution in [-0.4, -0.2) is 55.1 Å². The number of hydrogen-bond donors (Lipinski definition) is 2. The fraction of sp³-hybridized carbons (Fsp3) is 0.154. The number of para-hydroxylation sites is 2. The van der Waals surface area contributed by atoms with Gasteiger partial charge in [0.1, 0.15) is 11.5 Å². The molecule has 0 aliphatic carbocycles. The van der Waals surface area contributed by atoms with Crippen molar-refractivity contribution in [2.45, 2.75) is 0 Å². The number of carbonyl (C=O) groups excluding carboxylic acids is 3. The van der Waals surface area contributed by atoms with Gasteiger partial charge >= 0.3 is 11.8 Å². The zero-order chi connectivity index (χ0) is 24.5. The van der Waals surface area contributed by atoms with Crippen LogP contribution in [0.15, 0.2) is 84.0 Å². The molecule has 3 aromatic carbocycles. The molecule has 178 valence electrons. The maximum atomic E-state index is 12.8. The van der Waals surface area contributed by atoms with E-state index in [0.717, 1.165) is 0 Å². The summed E-state index contributed by atoms with van der Waals surface area (Å²) in [5.74, 6) is -0.845. The van der Waals surface area contributed by atoms with Gasteiger partial charge < -0.3 is 19.7 Å². The van der Waals surface area contributed by atoms with E-state index in [0.29, 0.717) is 48.9 Å². The Balaban J connectivity index is 1.34. The minimum Gasteiger partial charge on any atom is -0.457 e. The van der Waals surface area contributed by atoms with Gasteiger partial charge in [0.2, 0.25) is 0 Å². The standard InChI is InChI=1S/C26H24N4O5/c31-24(28-23-12-5-4-11-22(23)26(33)30-13-15-34-16-14-30)25(32)29-27-18-19-7-6-10-21(17-19)35-20-8-2-1-3-9-20/h1-12,17-18H,13-16H2,(H,28,31)(H,29,32)/b27-18+. The lowest BCUT2D eigenvalue weighted by Crippen LogP contribution is -2.41. The Morgan fingerprint density at radius 1 is 0.857 bits per heavy atom. The van der Waals surface area contributed by atoms with Crippen molar-refractivity contribution < 1.29 is 23.9 Å². The van der Waals surface area contributed by atoms with Crippen LogP contribution in [0.4, 0.5) is 5.69 Å². The number of morpholine rings is 1. The number of hydrazone groups is 1. The molecule has 0 bridgehead atoms. The smallest absolute Gasteiger partial charge is 0.329 e. The Labute approximate surface area is 202 Å². The van der Waals surface area contributed by atoms with Gasteiger partial charge in [-0.15, -0.1) is 0 Å². The first-order valence-corrected chi connectivity index (χ1v) is 11.0. The van der Waals surface area contributed by atoms with Crippen molar-refractivity contribution in [2.24, 2.45) is 5.10 Å². The normalized spacial score (nSPS) is 13.3. The van der Waals surface area contributed by atoms with Crippen LogP contribution in [0.1, 0.15) is 15.9 Å². The summed E-state index contributed by atoms with van der Waals surface area (Å²) in [6.45, 7) is 1.85. The van der Waals surface area contributed by atoms with Gasteiger partial charge in [-0.25, -0.2) is 5.43 Å². The van der Waals surface area contributed by atoms with Gasteiger partial charge in [0.15, 0.2) is 0 Å². The lowest BCUT2D eigenvalue weighted by Gasteiger charge is -2.27. The number of carbonyl (C=O) groups is 3. The average molecular weight is 473 g/mol. The summed E-state index contributed by atoms with van der Waals surface area (Å²) in [6, 6.07) is 23.0. The molecule has 0 spiro atoms. The molecule has 0 saturated carbocycles. The zero-order valence-corrected chi connectivity index (χ0v) is 18.8. The first-order chi connectivity index (χ1) is 17.1.